The number of nitrogens with one attached hydrogen (secondary N) is 3. The Bertz CT molecular complexity index is 317. The minimum Gasteiger partial charge on any atom is -0.355 e. The third-order valence-corrected chi connectivity index (χ3v) is 2.65. The Morgan fingerprint density at radius 2 is 2.24 bits per heavy atom. The Labute approximate surface area is 101 Å². The van der Waals surface area contributed by atoms with Crippen LogP contribution in [0.15, 0.2) is 0 Å². The van der Waals surface area contributed by atoms with Crippen LogP contribution in [0.1, 0.15) is 26.7 Å². The molecule has 0 bridgehead atoms. The van der Waals surface area contributed by atoms with Crippen LogP contribution in [0.4, 0.5) is 0 Å². The minimum absolute atomic E-state index is 0.117. The summed E-state index contributed by atoms with van der Waals surface area (Å²) in [5.41, 5.74) is 0. The molecule has 3 N–H and O–H groups in total. The molecule has 0 spiro atoms. The smallest absolute Gasteiger partial charge is 0.242 e. The van der Waals surface area contributed by atoms with Gasteiger partial charge in [-0.3, -0.25) is 14.4 Å². The van der Waals surface area contributed by atoms with E-state index in [4.69, 9.17) is 0 Å². The second-order valence-corrected chi connectivity index (χ2v) is 4.23. The summed E-state index contributed by atoms with van der Waals surface area (Å²) in [4.78, 5) is 34.2. The summed E-state index contributed by atoms with van der Waals surface area (Å²) in [7, 11) is 0. The molecule has 6 heteroatoms. The predicted octanol–water partition coefficient (Wildman–Crippen LogP) is -0.847. The average Bonchev–Trinajstić information content (AvgIpc) is 2.72. The van der Waals surface area contributed by atoms with E-state index in [-0.39, 0.29) is 30.1 Å². The van der Waals surface area contributed by atoms with Gasteiger partial charge in [0.15, 0.2) is 0 Å². The second kappa shape index (κ2) is 6.22. The molecule has 0 aliphatic carbocycles. The highest BCUT2D eigenvalue weighted by molar-refractivity contribution is 5.92. The van der Waals surface area contributed by atoms with Crippen molar-refractivity contribution in [3.05, 3.63) is 0 Å². The number of carbonyl (C=O) groups is 3. The largest absolute Gasteiger partial charge is 0.355 e. The molecule has 0 aromatic carbocycles. The summed E-state index contributed by atoms with van der Waals surface area (Å²) in [6, 6.07) is -0.565. The standard InChI is InChI=1S/C11H19N3O3/c1-3-4-12-10(16)7(2)14-11(17)8-5-9(15)13-6-8/h7-8H,3-6H2,1-2H3,(H,12,16)(H,13,15)(H,14,17). The summed E-state index contributed by atoms with van der Waals surface area (Å²) in [6.45, 7) is 4.54. The SMILES string of the molecule is CCCNC(=O)C(C)NC(=O)C1CNC(=O)C1. The van der Waals surface area contributed by atoms with Crippen LogP contribution < -0.4 is 16.0 Å². The number of hydrogen-bond acceptors (Lipinski definition) is 3. The van der Waals surface area contributed by atoms with Crippen LogP contribution in [0.5, 0.6) is 0 Å². The van der Waals surface area contributed by atoms with Crippen molar-refractivity contribution in [3.63, 3.8) is 0 Å². The predicted molar refractivity (Wildman–Crippen MR) is 62.0 cm³/mol. The average molecular weight is 241 g/mol. The Morgan fingerprint density at radius 1 is 1.53 bits per heavy atom. The zero-order valence-corrected chi connectivity index (χ0v) is 10.2. The Morgan fingerprint density at radius 3 is 2.76 bits per heavy atom. The number of hydrogen-bond donors (Lipinski definition) is 3. The minimum atomic E-state index is -0.565. The van der Waals surface area contributed by atoms with Gasteiger partial charge in [-0.1, -0.05) is 6.92 Å². The van der Waals surface area contributed by atoms with Crippen LogP contribution >= 0.6 is 0 Å². The van der Waals surface area contributed by atoms with Crippen molar-refractivity contribution >= 4 is 17.7 Å². The summed E-state index contributed by atoms with van der Waals surface area (Å²) >= 11 is 0. The molecule has 0 aromatic rings. The molecule has 2 atom stereocenters. The number of rotatable bonds is 5. The first-order valence-corrected chi connectivity index (χ1v) is 5.89. The molecule has 0 radical (unpaired) electrons. The molecule has 2 unspecified atom stereocenters. The van der Waals surface area contributed by atoms with Crippen LogP contribution in [-0.4, -0.2) is 36.9 Å². The van der Waals surface area contributed by atoms with E-state index in [1.165, 1.54) is 0 Å². The maximum atomic E-state index is 11.7. The van der Waals surface area contributed by atoms with Gasteiger partial charge < -0.3 is 16.0 Å². The van der Waals surface area contributed by atoms with Crippen LogP contribution in [-0.2, 0) is 14.4 Å². The molecular weight excluding hydrogens is 222 g/mol. The van der Waals surface area contributed by atoms with E-state index in [9.17, 15) is 14.4 Å². The van der Waals surface area contributed by atoms with Gasteiger partial charge in [0, 0.05) is 19.5 Å². The monoisotopic (exact) mass is 241 g/mol. The van der Waals surface area contributed by atoms with Gasteiger partial charge in [-0.2, -0.15) is 0 Å². The number of amides is 3. The first kappa shape index (κ1) is 13.5. The highest BCUT2D eigenvalue weighted by Gasteiger charge is 2.29. The van der Waals surface area contributed by atoms with Crippen LogP contribution in [0.2, 0.25) is 0 Å². The van der Waals surface area contributed by atoms with Crippen molar-refractivity contribution in [2.75, 3.05) is 13.1 Å². The molecule has 0 saturated carbocycles. The summed E-state index contributed by atoms with van der Waals surface area (Å²) < 4.78 is 0. The van der Waals surface area contributed by atoms with Gasteiger partial charge in [0.2, 0.25) is 17.7 Å². The number of carbonyl (C=O) groups excluding carboxylic acids is 3. The lowest BCUT2D eigenvalue weighted by molar-refractivity contribution is -0.130. The van der Waals surface area contributed by atoms with E-state index in [0.29, 0.717) is 13.1 Å². The topological polar surface area (TPSA) is 87.3 Å². The molecule has 3 amide bonds. The Balaban J connectivity index is 2.35. The van der Waals surface area contributed by atoms with E-state index < -0.39 is 6.04 Å². The van der Waals surface area contributed by atoms with Crippen molar-refractivity contribution in [1.29, 1.82) is 0 Å². The lowest BCUT2D eigenvalue weighted by atomic mass is 10.1. The maximum Gasteiger partial charge on any atom is 0.242 e. The molecule has 0 aromatic heterocycles. The van der Waals surface area contributed by atoms with Gasteiger partial charge in [0.25, 0.3) is 0 Å². The third-order valence-electron chi connectivity index (χ3n) is 2.65. The van der Waals surface area contributed by atoms with E-state index in [1.807, 2.05) is 6.92 Å². The first-order valence-electron chi connectivity index (χ1n) is 5.89. The van der Waals surface area contributed by atoms with Crippen LogP contribution in [0.3, 0.4) is 0 Å². The van der Waals surface area contributed by atoms with Crippen molar-refractivity contribution in [2.45, 2.75) is 32.7 Å². The first-order chi connectivity index (χ1) is 8.04. The molecule has 1 rings (SSSR count). The van der Waals surface area contributed by atoms with Gasteiger partial charge in [0.05, 0.1) is 5.92 Å². The van der Waals surface area contributed by atoms with Crippen molar-refractivity contribution in [2.24, 2.45) is 5.92 Å². The summed E-state index contributed by atoms with van der Waals surface area (Å²) in [6.07, 6.45) is 1.06. The molecular formula is C11H19N3O3. The Hall–Kier alpha value is -1.59. The maximum absolute atomic E-state index is 11.7. The summed E-state index contributed by atoms with van der Waals surface area (Å²) in [5.74, 6) is -0.919. The van der Waals surface area contributed by atoms with E-state index in [2.05, 4.69) is 16.0 Å². The fraction of sp³-hybridized carbons (Fsp3) is 0.727. The van der Waals surface area contributed by atoms with Crippen LogP contribution in [0.25, 0.3) is 0 Å². The molecule has 1 aliphatic rings. The lowest BCUT2D eigenvalue weighted by Crippen LogP contribution is -2.47. The summed E-state index contributed by atoms with van der Waals surface area (Å²) in [5, 5.41) is 7.90. The van der Waals surface area contributed by atoms with Crippen molar-refractivity contribution < 1.29 is 14.4 Å². The highest BCUT2D eigenvalue weighted by atomic mass is 16.2. The van der Waals surface area contributed by atoms with Gasteiger partial charge in [-0.05, 0) is 13.3 Å². The fourth-order valence-corrected chi connectivity index (χ4v) is 1.59. The zero-order chi connectivity index (χ0) is 12.8. The molecule has 1 saturated heterocycles. The van der Waals surface area contributed by atoms with Gasteiger partial charge in [-0.25, -0.2) is 0 Å². The van der Waals surface area contributed by atoms with Gasteiger partial charge in [0.1, 0.15) is 6.04 Å². The second-order valence-electron chi connectivity index (χ2n) is 4.23. The van der Waals surface area contributed by atoms with E-state index >= 15 is 0 Å². The molecule has 17 heavy (non-hydrogen) atoms. The lowest BCUT2D eigenvalue weighted by Gasteiger charge is -2.15. The van der Waals surface area contributed by atoms with Gasteiger partial charge in [-0.15, -0.1) is 0 Å². The molecule has 1 heterocycles. The highest BCUT2D eigenvalue weighted by Crippen LogP contribution is 2.08. The van der Waals surface area contributed by atoms with E-state index in [0.717, 1.165) is 6.42 Å². The Kier molecular flexibility index (Phi) is 4.93. The van der Waals surface area contributed by atoms with Crippen molar-refractivity contribution in [1.82, 2.24) is 16.0 Å². The molecule has 96 valence electrons. The van der Waals surface area contributed by atoms with Crippen molar-refractivity contribution in [3.8, 4) is 0 Å². The zero-order valence-electron chi connectivity index (χ0n) is 10.2. The van der Waals surface area contributed by atoms with Crippen LogP contribution in [0, 0.1) is 5.92 Å². The third kappa shape index (κ3) is 4.05. The quantitative estimate of drug-likeness (QED) is 0.586. The molecule has 1 fully saturated rings. The van der Waals surface area contributed by atoms with Gasteiger partial charge >= 0.3 is 0 Å². The molecule has 6 nitrogen and oxygen atoms in total. The van der Waals surface area contributed by atoms with E-state index in [1.54, 1.807) is 6.92 Å². The fourth-order valence-electron chi connectivity index (χ4n) is 1.59. The normalized spacial score (nSPS) is 20.6. The molecule has 1 aliphatic heterocycles.